The smallest absolute Gasteiger partial charge is 0.150 e. The number of halogens is 1. The summed E-state index contributed by atoms with van der Waals surface area (Å²) in [4.78, 5) is 4.42. The summed E-state index contributed by atoms with van der Waals surface area (Å²) in [6, 6.07) is 5.47. The first-order valence-electron chi connectivity index (χ1n) is 5.63. The van der Waals surface area contributed by atoms with Crippen LogP contribution in [-0.4, -0.2) is 11.5 Å². The molecule has 1 aliphatic heterocycles. The van der Waals surface area contributed by atoms with Gasteiger partial charge in [-0.3, -0.25) is 0 Å². The minimum Gasteiger partial charge on any atom is -0.308 e. The third-order valence-electron chi connectivity index (χ3n) is 2.99. The van der Waals surface area contributed by atoms with Crippen LogP contribution in [0.3, 0.4) is 0 Å². The number of aromatic nitrogens is 1. The summed E-state index contributed by atoms with van der Waals surface area (Å²) in [6.45, 7) is 1.04. The predicted octanol–water partition coefficient (Wildman–Crippen LogP) is 3.25. The summed E-state index contributed by atoms with van der Waals surface area (Å²) in [5.41, 5.74) is 0.523. The molecule has 0 aliphatic carbocycles. The Hall–Kier alpha value is -1.00. The van der Waals surface area contributed by atoms with Crippen LogP contribution in [0.1, 0.15) is 30.3 Å². The number of hydrogen-bond donors (Lipinski definition) is 1. The maximum absolute atomic E-state index is 13.5. The van der Waals surface area contributed by atoms with Crippen molar-refractivity contribution in [2.24, 2.45) is 0 Å². The lowest BCUT2D eigenvalue weighted by molar-refractivity contribution is 0.411. The fourth-order valence-corrected chi connectivity index (χ4v) is 3.24. The van der Waals surface area contributed by atoms with E-state index >= 15 is 0 Å². The molecule has 1 fully saturated rings. The molecule has 1 aromatic heterocycles. The highest BCUT2D eigenvalue weighted by atomic mass is 32.1. The molecule has 2 nitrogen and oxygen atoms in total. The lowest BCUT2D eigenvalue weighted by atomic mass is 10.1. The molecule has 0 amide bonds. The van der Waals surface area contributed by atoms with Crippen molar-refractivity contribution in [3.05, 3.63) is 29.0 Å². The van der Waals surface area contributed by atoms with Gasteiger partial charge < -0.3 is 5.32 Å². The molecular weight excluding hydrogens is 223 g/mol. The number of rotatable bonds is 1. The highest BCUT2D eigenvalue weighted by Crippen LogP contribution is 2.31. The number of para-hydroxylation sites is 1. The molecule has 1 aromatic carbocycles. The lowest BCUT2D eigenvalue weighted by Gasteiger charge is -2.20. The quantitative estimate of drug-likeness (QED) is 0.822. The van der Waals surface area contributed by atoms with Gasteiger partial charge in [0.1, 0.15) is 16.3 Å². The fourth-order valence-electron chi connectivity index (χ4n) is 2.14. The van der Waals surface area contributed by atoms with Crippen molar-refractivity contribution in [1.82, 2.24) is 10.3 Å². The SMILES string of the molecule is Fc1cccc2sc(C3CCCCN3)nc12. The van der Waals surface area contributed by atoms with Crippen LogP contribution < -0.4 is 5.32 Å². The van der Waals surface area contributed by atoms with Crippen LogP contribution in [0.5, 0.6) is 0 Å². The molecule has 1 saturated heterocycles. The van der Waals surface area contributed by atoms with Crippen molar-refractivity contribution in [2.45, 2.75) is 25.3 Å². The largest absolute Gasteiger partial charge is 0.308 e. The van der Waals surface area contributed by atoms with E-state index in [0.717, 1.165) is 22.7 Å². The molecule has 3 rings (SSSR count). The van der Waals surface area contributed by atoms with Crippen molar-refractivity contribution in [2.75, 3.05) is 6.54 Å². The maximum Gasteiger partial charge on any atom is 0.150 e. The van der Waals surface area contributed by atoms with Gasteiger partial charge in [0.15, 0.2) is 0 Å². The second kappa shape index (κ2) is 4.11. The van der Waals surface area contributed by atoms with Crippen LogP contribution in [0.4, 0.5) is 4.39 Å². The van der Waals surface area contributed by atoms with E-state index in [9.17, 15) is 4.39 Å². The summed E-state index contributed by atoms with van der Waals surface area (Å²) < 4.78 is 14.4. The van der Waals surface area contributed by atoms with Gasteiger partial charge in [-0.15, -0.1) is 11.3 Å². The number of nitrogens with one attached hydrogen (secondary N) is 1. The Bertz CT molecular complexity index is 503. The van der Waals surface area contributed by atoms with E-state index in [1.807, 2.05) is 6.07 Å². The molecule has 1 N–H and O–H groups in total. The first kappa shape index (κ1) is 10.2. The molecule has 0 radical (unpaired) electrons. The van der Waals surface area contributed by atoms with Gasteiger partial charge in [0.05, 0.1) is 10.7 Å². The van der Waals surface area contributed by atoms with E-state index in [1.54, 1.807) is 17.4 Å². The molecule has 1 unspecified atom stereocenters. The molecule has 0 saturated carbocycles. The van der Waals surface area contributed by atoms with Gasteiger partial charge in [0.2, 0.25) is 0 Å². The molecule has 2 heterocycles. The maximum atomic E-state index is 13.5. The third kappa shape index (κ3) is 1.72. The van der Waals surface area contributed by atoms with Gasteiger partial charge in [-0.25, -0.2) is 9.37 Å². The average Bonchev–Trinajstić information content (AvgIpc) is 2.76. The molecule has 1 aliphatic rings. The van der Waals surface area contributed by atoms with Crippen LogP contribution in [0.25, 0.3) is 10.2 Å². The van der Waals surface area contributed by atoms with Crippen LogP contribution in [0.2, 0.25) is 0 Å². The summed E-state index contributed by atoms with van der Waals surface area (Å²) in [5, 5.41) is 4.47. The molecule has 1 atom stereocenters. The fraction of sp³-hybridized carbons (Fsp3) is 0.417. The number of piperidine rings is 1. The summed E-state index contributed by atoms with van der Waals surface area (Å²) in [7, 11) is 0. The van der Waals surface area contributed by atoms with E-state index in [0.29, 0.717) is 11.6 Å². The molecule has 4 heteroatoms. The van der Waals surface area contributed by atoms with Gasteiger partial charge >= 0.3 is 0 Å². The Balaban J connectivity index is 2.01. The number of thiazole rings is 1. The van der Waals surface area contributed by atoms with Gasteiger partial charge in [-0.05, 0) is 31.5 Å². The van der Waals surface area contributed by atoms with Crippen molar-refractivity contribution < 1.29 is 4.39 Å². The van der Waals surface area contributed by atoms with Gasteiger partial charge in [-0.1, -0.05) is 12.5 Å². The predicted molar refractivity (Wildman–Crippen MR) is 64.2 cm³/mol. The van der Waals surface area contributed by atoms with E-state index in [2.05, 4.69) is 10.3 Å². The standard InChI is InChI=1S/C12H13FN2S/c13-8-4-3-6-10-11(8)15-12(16-10)9-5-1-2-7-14-9/h3-4,6,9,14H,1-2,5,7H2. The van der Waals surface area contributed by atoms with Crippen LogP contribution in [0, 0.1) is 5.82 Å². The second-order valence-electron chi connectivity index (χ2n) is 4.14. The lowest BCUT2D eigenvalue weighted by Crippen LogP contribution is -2.26. The van der Waals surface area contributed by atoms with Crippen molar-refractivity contribution >= 4 is 21.6 Å². The molecule has 16 heavy (non-hydrogen) atoms. The zero-order valence-electron chi connectivity index (χ0n) is 8.87. The van der Waals surface area contributed by atoms with E-state index in [-0.39, 0.29) is 5.82 Å². The normalized spacial score (nSPS) is 21.4. The summed E-state index contributed by atoms with van der Waals surface area (Å²) >= 11 is 1.60. The Morgan fingerprint density at radius 1 is 1.38 bits per heavy atom. The Kier molecular flexibility index (Phi) is 2.61. The number of hydrogen-bond acceptors (Lipinski definition) is 3. The Morgan fingerprint density at radius 3 is 3.06 bits per heavy atom. The van der Waals surface area contributed by atoms with Crippen molar-refractivity contribution in [1.29, 1.82) is 0 Å². The Labute approximate surface area is 97.5 Å². The molecule has 2 aromatic rings. The molecule has 0 spiro atoms. The second-order valence-corrected chi connectivity index (χ2v) is 5.20. The zero-order valence-corrected chi connectivity index (χ0v) is 9.69. The van der Waals surface area contributed by atoms with Crippen molar-refractivity contribution in [3.63, 3.8) is 0 Å². The van der Waals surface area contributed by atoms with E-state index in [4.69, 9.17) is 0 Å². The minimum atomic E-state index is -0.212. The van der Waals surface area contributed by atoms with Gasteiger partial charge in [-0.2, -0.15) is 0 Å². The number of nitrogens with zero attached hydrogens (tertiary/aromatic N) is 1. The first-order chi connectivity index (χ1) is 7.84. The third-order valence-corrected chi connectivity index (χ3v) is 4.13. The van der Waals surface area contributed by atoms with Crippen LogP contribution >= 0.6 is 11.3 Å². The van der Waals surface area contributed by atoms with Gasteiger partial charge in [0.25, 0.3) is 0 Å². The molecule has 0 bridgehead atoms. The monoisotopic (exact) mass is 236 g/mol. The summed E-state index contributed by atoms with van der Waals surface area (Å²) in [5.74, 6) is -0.212. The van der Waals surface area contributed by atoms with Gasteiger partial charge in [0, 0.05) is 0 Å². The molecular formula is C12H13FN2S. The Morgan fingerprint density at radius 2 is 2.31 bits per heavy atom. The topological polar surface area (TPSA) is 24.9 Å². The molecule has 84 valence electrons. The highest BCUT2D eigenvalue weighted by molar-refractivity contribution is 7.18. The van der Waals surface area contributed by atoms with Crippen LogP contribution in [0.15, 0.2) is 18.2 Å². The van der Waals surface area contributed by atoms with E-state index < -0.39 is 0 Å². The average molecular weight is 236 g/mol. The first-order valence-corrected chi connectivity index (χ1v) is 6.44. The summed E-state index contributed by atoms with van der Waals surface area (Å²) in [6.07, 6.45) is 3.58. The van der Waals surface area contributed by atoms with E-state index in [1.165, 1.54) is 18.9 Å². The van der Waals surface area contributed by atoms with Crippen LogP contribution in [-0.2, 0) is 0 Å². The zero-order chi connectivity index (χ0) is 11.0. The number of fused-ring (bicyclic) bond motifs is 1. The minimum absolute atomic E-state index is 0.212. The number of benzene rings is 1. The van der Waals surface area contributed by atoms with Crippen molar-refractivity contribution in [3.8, 4) is 0 Å². The highest BCUT2D eigenvalue weighted by Gasteiger charge is 2.19.